The molecule has 0 spiro atoms. The molecular formula is C19H17N3O. The van der Waals surface area contributed by atoms with Crippen LogP contribution in [0.2, 0.25) is 0 Å². The van der Waals surface area contributed by atoms with Gasteiger partial charge in [0.25, 0.3) is 5.89 Å². The molecule has 0 aliphatic carbocycles. The maximum atomic E-state index is 5.44. The Morgan fingerprint density at radius 3 is 2.74 bits per heavy atom. The fraction of sp³-hybridized carbons (Fsp3) is 0.158. The van der Waals surface area contributed by atoms with E-state index < -0.39 is 0 Å². The van der Waals surface area contributed by atoms with E-state index in [4.69, 9.17) is 4.42 Å². The molecule has 0 fully saturated rings. The summed E-state index contributed by atoms with van der Waals surface area (Å²) in [5, 5.41) is 9.08. The van der Waals surface area contributed by atoms with Crippen LogP contribution in [0, 0.1) is 13.8 Å². The van der Waals surface area contributed by atoms with Crippen molar-refractivity contribution in [3.05, 3.63) is 71.6 Å². The zero-order chi connectivity index (χ0) is 15.8. The van der Waals surface area contributed by atoms with E-state index in [-0.39, 0.29) is 0 Å². The normalized spacial score (nSPS) is 11.2. The summed E-state index contributed by atoms with van der Waals surface area (Å²) in [5.41, 5.74) is 5.96. The molecule has 4 heteroatoms. The van der Waals surface area contributed by atoms with Crippen LogP contribution in [0.5, 0.6) is 0 Å². The lowest BCUT2D eigenvalue weighted by Crippen LogP contribution is -2.04. The standard InChI is InChI=1S/C19H17N3O/c1-13-7-8-14(2)16(9-13)11-22-17-6-4-3-5-15(17)10-18(22)19-21-20-12-23-19/h3-10,12H,11H2,1-2H3. The average molecular weight is 303 g/mol. The Bertz CT molecular complexity index is 968. The molecule has 2 aromatic carbocycles. The van der Waals surface area contributed by atoms with Gasteiger partial charge in [0.05, 0.1) is 0 Å². The lowest BCUT2D eigenvalue weighted by atomic mass is 10.1. The summed E-state index contributed by atoms with van der Waals surface area (Å²) < 4.78 is 7.68. The summed E-state index contributed by atoms with van der Waals surface area (Å²) >= 11 is 0. The molecule has 2 heterocycles. The minimum atomic E-state index is 0.548. The summed E-state index contributed by atoms with van der Waals surface area (Å²) in [6.45, 7) is 5.04. The number of fused-ring (bicyclic) bond motifs is 1. The highest BCUT2D eigenvalue weighted by Gasteiger charge is 2.15. The van der Waals surface area contributed by atoms with Gasteiger partial charge in [-0.1, -0.05) is 42.0 Å². The van der Waals surface area contributed by atoms with E-state index in [0.29, 0.717) is 5.89 Å². The minimum absolute atomic E-state index is 0.548. The molecule has 0 radical (unpaired) electrons. The van der Waals surface area contributed by atoms with Crippen LogP contribution >= 0.6 is 0 Å². The van der Waals surface area contributed by atoms with Crippen molar-refractivity contribution in [3.8, 4) is 11.6 Å². The Labute approximate surface area is 134 Å². The van der Waals surface area contributed by atoms with Crippen LogP contribution in [0.3, 0.4) is 0 Å². The first-order valence-corrected chi connectivity index (χ1v) is 7.63. The number of aryl methyl sites for hydroxylation is 2. The van der Waals surface area contributed by atoms with Crippen LogP contribution in [0.15, 0.2) is 59.3 Å². The second-order valence-electron chi connectivity index (χ2n) is 5.85. The SMILES string of the molecule is Cc1ccc(C)c(Cn2c(-c3nnco3)cc3ccccc32)c1. The molecule has 0 aliphatic rings. The van der Waals surface area contributed by atoms with E-state index in [9.17, 15) is 0 Å². The Morgan fingerprint density at radius 1 is 1.04 bits per heavy atom. The van der Waals surface area contributed by atoms with Gasteiger partial charge in [-0.15, -0.1) is 10.2 Å². The number of hydrogen-bond acceptors (Lipinski definition) is 3. The van der Waals surface area contributed by atoms with Crippen molar-refractivity contribution in [2.45, 2.75) is 20.4 Å². The molecule has 0 bridgehead atoms. The number of hydrogen-bond donors (Lipinski definition) is 0. The van der Waals surface area contributed by atoms with Crippen molar-refractivity contribution >= 4 is 10.9 Å². The van der Waals surface area contributed by atoms with E-state index in [2.05, 4.69) is 71.1 Å². The molecule has 0 atom stereocenters. The predicted molar refractivity (Wildman–Crippen MR) is 90.2 cm³/mol. The van der Waals surface area contributed by atoms with E-state index in [0.717, 1.165) is 12.2 Å². The molecule has 2 aromatic heterocycles. The molecule has 0 saturated heterocycles. The number of para-hydroxylation sites is 1. The minimum Gasteiger partial charge on any atom is -0.422 e. The maximum Gasteiger partial charge on any atom is 0.264 e. The quantitative estimate of drug-likeness (QED) is 0.565. The van der Waals surface area contributed by atoms with Crippen LogP contribution in [0.4, 0.5) is 0 Å². The third kappa shape index (κ3) is 2.42. The summed E-state index contributed by atoms with van der Waals surface area (Å²) in [4.78, 5) is 0. The summed E-state index contributed by atoms with van der Waals surface area (Å²) in [6, 6.07) is 17.0. The molecular weight excluding hydrogens is 286 g/mol. The van der Waals surface area contributed by atoms with Gasteiger partial charge >= 0.3 is 0 Å². The Balaban J connectivity index is 1.91. The van der Waals surface area contributed by atoms with Gasteiger partial charge in [-0.05, 0) is 37.1 Å². The van der Waals surface area contributed by atoms with Gasteiger partial charge in [0.15, 0.2) is 0 Å². The Kier molecular flexibility index (Phi) is 3.23. The van der Waals surface area contributed by atoms with Gasteiger partial charge in [0.2, 0.25) is 6.39 Å². The molecule has 0 unspecified atom stereocenters. The van der Waals surface area contributed by atoms with Crippen molar-refractivity contribution in [2.75, 3.05) is 0 Å². The summed E-state index contributed by atoms with van der Waals surface area (Å²) in [7, 11) is 0. The molecule has 0 amide bonds. The highest BCUT2D eigenvalue weighted by atomic mass is 16.4. The lowest BCUT2D eigenvalue weighted by Gasteiger charge is -2.12. The number of nitrogens with zero attached hydrogens (tertiary/aromatic N) is 3. The van der Waals surface area contributed by atoms with Gasteiger partial charge < -0.3 is 8.98 Å². The molecule has 0 N–H and O–H groups in total. The zero-order valence-corrected chi connectivity index (χ0v) is 13.2. The third-order valence-electron chi connectivity index (χ3n) is 4.22. The number of aromatic nitrogens is 3. The van der Waals surface area contributed by atoms with Gasteiger partial charge in [-0.3, -0.25) is 0 Å². The van der Waals surface area contributed by atoms with Crippen LogP contribution in [-0.4, -0.2) is 14.8 Å². The second-order valence-corrected chi connectivity index (χ2v) is 5.85. The largest absolute Gasteiger partial charge is 0.422 e. The van der Waals surface area contributed by atoms with Crippen molar-refractivity contribution in [1.29, 1.82) is 0 Å². The average Bonchev–Trinajstić information content (AvgIpc) is 3.19. The smallest absolute Gasteiger partial charge is 0.264 e. The first-order chi connectivity index (χ1) is 11.2. The molecule has 4 nitrogen and oxygen atoms in total. The van der Waals surface area contributed by atoms with E-state index in [1.165, 1.54) is 34.0 Å². The van der Waals surface area contributed by atoms with E-state index in [1.807, 2.05) is 6.07 Å². The Hall–Kier alpha value is -2.88. The Morgan fingerprint density at radius 2 is 1.91 bits per heavy atom. The first kappa shape index (κ1) is 13.8. The first-order valence-electron chi connectivity index (χ1n) is 7.63. The van der Waals surface area contributed by atoms with Gasteiger partial charge in [-0.25, -0.2) is 0 Å². The topological polar surface area (TPSA) is 43.9 Å². The molecule has 114 valence electrons. The molecule has 4 aromatic rings. The lowest BCUT2D eigenvalue weighted by molar-refractivity contribution is 0.562. The maximum absolute atomic E-state index is 5.44. The molecule has 23 heavy (non-hydrogen) atoms. The summed E-state index contributed by atoms with van der Waals surface area (Å²) in [6.07, 6.45) is 1.37. The summed E-state index contributed by atoms with van der Waals surface area (Å²) in [5.74, 6) is 0.548. The van der Waals surface area contributed by atoms with Crippen LogP contribution in [0.1, 0.15) is 16.7 Å². The van der Waals surface area contributed by atoms with Crippen molar-refractivity contribution in [3.63, 3.8) is 0 Å². The number of benzene rings is 2. The molecule has 0 saturated carbocycles. The van der Waals surface area contributed by atoms with Gasteiger partial charge in [0.1, 0.15) is 5.69 Å². The highest BCUT2D eigenvalue weighted by molar-refractivity contribution is 5.85. The van der Waals surface area contributed by atoms with Crippen molar-refractivity contribution in [2.24, 2.45) is 0 Å². The molecule has 0 aliphatic heterocycles. The predicted octanol–water partition coefficient (Wildman–Crippen LogP) is 4.36. The van der Waals surface area contributed by atoms with Crippen molar-refractivity contribution in [1.82, 2.24) is 14.8 Å². The van der Waals surface area contributed by atoms with Crippen LogP contribution in [-0.2, 0) is 6.54 Å². The van der Waals surface area contributed by atoms with E-state index in [1.54, 1.807) is 0 Å². The van der Waals surface area contributed by atoms with Crippen LogP contribution in [0.25, 0.3) is 22.5 Å². The van der Waals surface area contributed by atoms with Gasteiger partial charge in [-0.2, -0.15) is 0 Å². The van der Waals surface area contributed by atoms with Crippen LogP contribution < -0.4 is 0 Å². The zero-order valence-electron chi connectivity index (χ0n) is 13.2. The third-order valence-corrected chi connectivity index (χ3v) is 4.22. The van der Waals surface area contributed by atoms with Crippen molar-refractivity contribution < 1.29 is 4.42 Å². The second kappa shape index (κ2) is 5.39. The number of rotatable bonds is 3. The fourth-order valence-corrected chi connectivity index (χ4v) is 2.98. The highest BCUT2D eigenvalue weighted by Crippen LogP contribution is 2.28. The van der Waals surface area contributed by atoms with E-state index >= 15 is 0 Å². The molecule has 4 rings (SSSR count). The fourth-order valence-electron chi connectivity index (χ4n) is 2.98. The monoisotopic (exact) mass is 303 g/mol. The van der Waals surface area contributed by atoms with Gasteiger partial charge in [0, 0.05) is 17.4 Å².